The minimum Gasteiger partial charge on any atom is -0.413 e. The van der Waals surface area contributed by atoms with Gasteiger partial charge >= 0.3 is 0 Å². The zero-order valence-corrected chi connectivity index (χ0v) is 17.2. The molecule has 3 atom stereocenters. The molecule has 0 aromatic heterocycles. The van der Waals surface area contributed by atoms with Crippen LogP contribution in [0.15, 0.2) is 0 Å². The molecule has 0 bridgehead atoms. The SMILES string of the molecule is CC1(C)C(=O)CC[C@]2(C)[C@@H](O[Si](C)(C)C(C)(C)C)CCC(=O)[C@@H]12. The van der Waals surface area contributed by atoms with Crippen LogP contribution in [0.5, 0.6) is 0 Å². The smallest absolute Gasteiger partial charge is 0.192 e. The van der Waals surface area contributed by atoms with Gasteiger partial charge in [-0.1, -0.05) is 41.5 Å². The van der Waals surface area contributed by atoms with E-state index < -0.39 is 13.7 Å². The van der Waals surface area contributed by atoms with E-state index in [0.717, 1.165) is 12.8 Å². The van der Waals surface area contributed by atoms with E-state index in [2.05, 4.69) is 40.8 Å². The van der Waals surface area contributed by atoms with Crippen molar-refractivity contribution < 1.29 is 14.0 Å². The minimum atomic E-state index is -1.90. The van der Waals surface area contributed by atoms with E-state index in [1.54, 1.807) is 0 Å². The summed E-state index contributed by atoms with van der Waals surface area (Å²) in [4.78, 5) is 25.1. The standard InChI is InChI=1S/C19H34O3Si/c1-17(2,3)23(7,8)22-15-10-9-13(20)16-18(4,5)14(21)11-12-19(15,16)6/h15-16H,9-12H2,1-8H3/t15-,16-,19+/m0/s1. The molecule has 0 N–H and O–H groups in total. The molecule has 0 unspecified atom stereocenters. The highest BCUT2D eigenvalue weighted by molar-refractivity contribution is 6.74. The maximum atomic E-state index is 12.7. The van der Waals surface area contributed by atoms with E-state index in [1.165, 1.54) is 0 Å². The van der Waals surface area contributed by atoms with Crippen molar-refractivity contribution in [2.24, 2.45) is 16.7 Å². The number of fused-ring (bicyclic) bond motifs is 1. The molecule has 0 amide bonds. The Morgan fingerprint density at radius 2 is 1.65 bits per heavy atom. The van der Waals surface area contributed by atoms with Crippen molar-refractivity contribution >= 4 is 19.9 Å². The third kappa shape index (κ3) is 2.97. The average molecular weight is 339 g/mol. The number of rotatable bonds is 2. The monoisotopic (exact) mass is 338 g/mol. The minimum absolute atomic E-state index is 0.0958. The third-order valence-electron chi connectivity index (χ3n) is 6.94. The van der Waals surface area contributed by atoms with Crippen LogP contribution >= 0.6 is 0 Å². The molecule has 2 saturated carbocycles. The second-order valence-corrected chi connectivity index (χ2v) is 14.7. The Hall–Kier alpha value is -0.483. The average Bonchev–Trinajstić information content (AvgIpc) is 2.36. The lowest BCUT2D eigenvalue weighted by Gasteiger charge is -2.56. The molecule has 2 rings (SSSR count). The van der Waals surface area contributed by atoms with Crippen LogP contribution in [0, 0.1) is 16.7 Å². The van der Waals surface area contributed by atoms with Gasteiger partial charge in [0.05, 0.1) is 6.10 Å². The molecule has 0 heterocycles. The molecule has 0 radical (unpaired) electrons. The van der Waals surface area contributed by atoms with Gasteiger partial charge in [-0.05, 0) is 31.0 Å². The Labute approximate surface area is 142 Å². The van der Waals surface area contributed by atoms with Crippen LogP contribution in [0.25, 0.3) is 0 Å². The van der Waals surface area contributed by atoms with Crippen molar-refractivity contribution in [2.45, 2.75) is 91.5 Å². The number of Topliss-reactive ketones (excluding diaryl/α,β-unsaturated/α-hetero) is 2. The predicted molar refractivity (Wildman–Crippen MR) is 95.9 cm³/mol. The summed E-state index contributed by atoms with van der Waals surface area (Å²) < 4.78 is 6.77. The highest BCUT2D eigenvalue weighted by atomic mass is 28.4. The second kappa shape index (κ2) is 5.52. The molecule has 3 nitrogen and oxygen atoms in total. The first-order valence-corrected chi connectivity index (χ1v) is 11.9. The van der Waals surface area contributed by atoms with Crippen LogP contribution in [-0.4, -0.2) is 26.0 Å². The van der Waals surface area contributed by atoms with Crippen LogP contribution in [0.4, 0.5) is 0 Å². The summed E-state index contributed by atoms with van der Waals surface area (Å²) in [5.74, 6) is 0.307. The first kappa shape index (κ1) is 18.8. The van der Waals surface area contributed by atoms with Crippen molar-refractivity contribution in [3.8, 4) is 0 Å². The number of hydrogen-bond donors (Lipinski definition) is 0. The molecule has 4 heteroatoms. The lowest BCUT2D eigenvalue weighted by atomic mass is 9.50. The molecule has 2 aliphatic carbocycles. The molecule has 132 valence electrons. The normalized spacial score (nSPS) is 35.1. The van der Waals surface area contributed by atoms with E-state index in [0.29, 0.717) is 12.8 Å². The maximum Gasteiger partial charge on any atom is 0.192 e. The Kier molecular flexibility index (Phi) is 4.52. The lowest BCUT2D eigenvalue weighted by Crippen LogP contribution is -2.61. The van der Waals surface area contributed by atoms with Crippen molar-refractivity contribution in [3.63, 3.8) is 0 Å². The Morgan fingerprint density at radius 3 is 2.17 bits per heavy atom. The number of ketones is 2. The fourth-order valence-corrected chi connectivity index (χ4v) is 5.88. The molecule has 0 aliphatic heterocycles. The number of hydrogen-bond acceptors (Lipinski definition) is 3. The zero-order valence-electron chi connectivity index (χ0n) is 16.2. The van der Waals surface area contributed by atoms with Crippen LogP contribution in [0.1, 0.15) is 67.2 Å². The van der Waals surface area contributed by atoms with E-state index in [4.69, 9.17) is 4.43 Å². The first-order valence-electron chi connectivity index (χ1n) is 8.97. The van der Waals surface area contributed by atoms with Crippen LogP contribution < -0.4 is 0 Å². The van der Waals surface area contributed by atoms with Crippen molar-refractivity contribution in [1.29, 1.82) is 0 Å². The van der Waals surface area contributed by atoms with Gasteiger partial charge in [-0.2, -0.15) is 0 Å². The molecule has 0 saturated heterocycles. The summed E-state index contributed by atoms with van der Waals surface area (Å²) in [5, 5.41) is 0.153. The van der Waals surface area contributed by atoms with Gasteiger partial charge < -0.3 is 4.43 Å². The van der Waals surface area contributed by atoms with E-state index in [9.17, 15) is 9.59 Å². The highest BCUT2D eigenvalue weighted by Crippen LogP contribution is 2.56. The fraction of sp³-hybridized carbons (Fsp3) is 0.895. The zero-order chi connectivity index (χ0) is 17.8. The summed E-state index contributed by atoms with van der Waals surface area (Å²) >= 11 is 0. The molecule has 23 heavy (non-hydrogen) atoms. The number of carbonyl (C=O) groups excluding carboxylic acids is 2. The maximum absolute atomic E-state index is 12.7. The summed E-state index contributed by atoms with van der Waals surface area (Å²) in [6.45, 7) is 17.4. The summed E-state index contributed by atoms with van der Waals surface area (Å²) in [6, 6.07) is 0. The van der Waals surface area contributed by atoms with Gasteiger partial charge in [0.1, 0.15) is 11.6 Å². The van der Waals surface area contributed by atoms with Gasteiger partial charge in [0.2, 0.25) is 0 Å². The number of carbonyl (C=O) groups is 2. The van der Waals surface area contributed by atoms with Gasteiger partial charge in [-0.3, -0.25) is 9.59 Å². The molecular formula is C19H34O3Si. The quantitative estimate of drug-likeness (QED) is 0.682. The molecule has 2 aliphatic rings. The highest BCUT2D eigenvalue weighted by Gasteiger charge is 2.60. The van der Waals surface area contributed by atoms with Crippen LogP contribution in [-0.2, 0) is 14.0 Å². The molecule has 0 aromatic carbocycles. The first-order chi connectivity index (χ1) is 10.2. The van der Waals surface area contributed by atoms with Gasteiger partial charge in [-0.15, -0.1) is 0 Å². The predicted octanol–water partition coefficient (Wildman–Crippen LogP) is 4.75. The van der Waals surface area contributed by atoms with Gasteiger partial charge in [0, 0.05) is 29.6 Å². The van der Waals surface area contributed by atoms with E-state index >= 15 is 0 Å². The van der Waals surface area contributed by atoms with Gasteiger partial charge in [0.15, 0.2) is 8.32 Å². The summed E-state index contributed by atoms with van der Waals surface area (Å²) in [6.07, 6.45) is 2.81. The fourth-order valence-electron chi connectivity index (χ4n) is 4.43. The van der Waals surface area contributed by atoms with Crippen LogP contribution in [0.3, 0.4) is 0 Å². The van der Waals surface area contributed by atoms with Gasteiger partial charge in [-0.25, -0.2) is 0 Å². The Morgan fingerprint density at radius 1 is 1.09 bits per heavy atom. The van der Waals surface area contributed by atoms with Crippen molar-refractivity contribution in [1.82, 2.24) is 0 Å². The molecule has 0 aromatic rings. The van der Waals surface area contributed by atoms with Gasteiger partial charge in [0.25, 0.3) is 0 Å². The van der Waals surface area contributed by atoms with E-state index in [1.807, 2.05) is 13.8 Å². The second-order valence-electron chi connectivity index (χ2n) is 9.96. The molecule has 0 spiro atoms. The van der Waals surface area contributed by atoms with E-state index in [-0.39, 0.29) is 34.0 Å². The Balaban J connectivity index is 2.38. The van der Waals surface area contributed by atoms with Crippen LogP contribution in [0.2, 0.25) is 18.1 Å². The topological polar surface area (TPSA) is 43.4 Å². The molecule has 2 fully saturated rings. The van der Waals surface area contributed by atoms with Crippen molar-refractivity contribution in [2.75, 3.05) is 0 Å². The summed E-state index contributed by atoms with van der Waals surface area (Å²) in [7, 11) is -1.90. The Bertz CT molecular complexity index is 515. The largest absolute Gasteiger partial charge is 0.413 e. The summed E-state index contributed by atoms with van der Waals surface area (Å²) in [5.41, 5.74) is -0.762. The lowest BCUT2D eigenvalue weighted by molar-refractivity contribution is -0.164. The molecular weight excluding hydrogens is 304 g/mol. The third-order valence-corrected chi connectivity index (χ3v) is 11.4. The van der Waals surface area contributed by atoms with Crippen molar-refractivity contribution in [3.05, 3.63) is 0 Å².